The van der Waals surface area contributed by atoms with Crippen LogP contribution in [0.2, 0.25) is 0 Å². The molecule has 0 radical (unpaired) electrons. The van der Waals surface area contributed by atoms with E-state index in [1.165, 1.54) is 4.31 Å². The van der Waals surface area contributed by atoms with Gasteiger partial charge in [-0.15, -0.1) is 0 Å². The molecule has 0 spiro atoms. The highest BCUT2D eigenvalue weighted by molar-refractivity contribution is 7.93. The zero-order valence-corrected chi connectivity index (χ0v) is 13.6. The van der Waals surface area contributed by atoms with Crippen molar-refractivity contribution >= 4 is 27.3 Å². The highest BCUT2D eigenvalue weighted by Gasteiger charge is 2.28. The Morgan fingerprint density at radius 3 is 2.48 bits per heavy atom. The van der Waals surface area contributed by atoms with Crippen LogP contribution in [0.4, 0.5) is 11.4 Å². The maximum Gasteiger partial charge on any atom is 0.255 e. The van der Waals surface area contributed by atoms with Crippen LogP contribution in [-0.2, 0) is 10.0 Å². The van der Waals surface area contributed by atoms with Crippen molar-refractivity contribution in [3.8, 4) is 0 Å². The van der Waals surface area contributed by atoms with E-state index in [4.69, 9.17) is 0 Å². The van der Waals surface area contributed by atoms with Gasteiger partial charge in [0.2, 0.25) is 10.0 Å². The second-order valence-corrected chi connectivity index (χ2v) is 7.63. The van der Waals surface area contributed by atoms with E-state index in [9.17, 15) is 13.2 Å². The van der Waals surface area contributed by atoms with Gasteiger partial charge >= 0.3 is 0 Å². The minimum Gasteiger partial charge on any atom is -0.322 e. The zero-order valence-electron chi connectivity index (χ0n) is 12.8. The molecule has 1 saturated heterocycles. The summed E-state index contributed by atoms with van der Waals surface area (Å²) in [5.74, 6) is 0.00834. The molecule has 2 aromatic carbocycles. The van der Waals surface area contributed by atoms with E-state index >= 15 is 0 Å². The average Bonchev–Trinajstić information content (AvgIpc) is 2.87. The molecule has 6 heteroatoms. The minimum absolute atomic E-state index is 0.185. The first kappa shape index (κ1) is 15.6. The van der Waals surface area contributed by atoms with Crippen LogP contribution in [0.1, 0.15) is 22.3 Å². The quantitative estimate of drug-likeness (QED) is 0.941. The van der Waals surface area contributed by atoms with Crippen molar-refractivity contribution in [1.82, 2.24) is 0 Å². The number of hydrogen-bond donors (Lipinski definition) is 1. The molecule has 0 saturated carbocycles. The first-order valence-electron chi connectivity index (χ1n) is 7.44. The van der Waals surface area contributed by atoms with Gasteiger partial charge in [0, 0.05) is 17.8 Å². The Morgan fingerprint density at radius 1 is 1.13 bits per heavy atom. The number of carbonyl (C=O) groups excluding carboxylic acids is 1. The van der Waals surface area contributed by atoms with Gasteiger partial charge < -0.3 is 5.32 Å². The Kier molecular flexibility index (Phi) is 4.09. The molecule has 1 amide bonds. The van der Waals surface area contributed by atoms with Gasteiger partial charge in [-0.2, -0.15) is 0 Å². The molecule has 2 aromatic rings. The van der Waals surface area contributed by atoms with Gasteiger partial charge in [-0.3, -0.25) is 9.10 Å². The summed E-state index contributed by atoms with van der Waals surface area (Å²) in [6, 6.07) is 14.2. The Hall–Kier alpha value is -2.34. The number of nitrogens with zero attached hydrogens (tertiary/aromatic N) is 1. The smallest absolute Gasteiger partial charge is 0.255 e. The van der Waals surface area contributed by atoms with Crippen molar-refractivity contribution < 1.29 is 13.2 Å². The zero-order chi connectivity index (χ0) is 16.4. The molecular formula is C17H18N2O3S. The summed E-state index contributed by atoms with van der Waals surface area (Å²) in [6.45, 7) is 2.44. The standard InChI is InChI=1S/C17H18N2O3S/c1-13-4-2-5-14(12-13)17(20)18-15-6-8-16(9-7-15)19-10-3-11-23(19,21)22/h2,4-9,12H,3,10-11H2,1H3,(H,18,20). The fourth-order valence-corrected chi connectivity index (χ4v) is 4.19. The van der Waals surface area contributed by atoms with E-state index in [0.717, 1.165) is 5.56 Å². The summed E-state index contributed by atoms with van der Waals surface area (Å²) >= 11 is 0. The van der Waals surface area contributed by atoms with Gasteiger partial charge in [0.25, 0.3) is 5.91 Å². The van der Waals surface area contributed by atoms with E-state index in [2.05, 4.69) is 5.32 Å². The van der Waals surface area contributed by atoms with Crippen molar-refractivity contribution in [2.75, 3.05) is 21.9 Å². The Labute approximate surface area is 136 Å². The number of sulfonamides is 1. The van der Waals surface area contributed by atoms with E-state index in [1.54, 1.807) is 30.3 Å². The maximum atomic E-state index is 12.2. The second kappa shape index (κ2) is 6.04. The van der Waals surface area contributed by atoms with E-state index in [0.29, 0.717) is 29.9 Å². The van der Waals surface area contributed by atoms with Crippen LogP contribution in [0.25, 0.3) is 0 Å². The third-order valence-corrected chi connectivity index (χ3v) is 5.66. The second-order valence-electron chi connectivity index (χ2n) is 5.61. The Morgan fingerprint density at radius 2 is 1.87 bits per heavy atom. The average molecular weight is 330 g/mol. The molecule has 120 valence electrons. The summed E-state index contributed by atoms with van der Waals surface area (Å²) < 4.78 is 25.2. The molecule has 0 aromatic heterocycles. The summed E-state index contributed by atoms with van der Waals surface area (Å²) in [7, 11) is -3.18. The number of benzene rings is 2. The van der Waals surface area contributed by atoms with Crippen LogP contribution >= 0.6 is 0 Å². The third kappa shape index (κ3) is 3.37. The minimum atomic E-state index is -3.18. The lowest BCUT2D eigenvalue weighted by molar-refractivity contribution is 0.102. The van der Waals surface area contributed by atoms with Crippen LogP contribution < -0.4 is 9.62 Å². The number of carbonyl (C=O) groups is 1. The van der Waals surface area contributed by atoms with E-state index in [1.807, 2.05) is 25.1 Å². The molecular weight excluding hydrogens is 312 g/mol. The lowest BCUT2D eigenvalue weighted by atomic mass is 10.1. The molecule has 0 bridgehead atoms. The number of hydrogen-bond acceptors (Lipinski definition) is 3. The summed E-state index contributed by atoms with van der Waals surface area (Å²) in [5.41, 5.74) is 2.89. The molecule has 1 aliphatic rings. The molecule has 1 heterocycles. The summed E-state index contributed by atoms with van der Waals surface area (Å²) in [6.07, 6.45) is 0.647. The maximum absolute atomic E-state index is 12.2. The fraction of sp³-hybridized carbons (Fsp3) is 0.235. The van der Waals surface area contributed by atoms with Crippen molar-refractivity contribution in [1.29, 1.82) is 0 Å². The van der Waals surface area contributed by atoms with Crippen molar-refractivity contribution in [2.45, 2.75) is 13.3 Å². The molecule has 1 N–H and O–H groups in total. The van der Waals surface area contributed by atoms with Crippen LogP contribution in [0.15, 0.2) is 48.5 Å². The first-order valence-corrected chi connectivity index (χ1v) is 9.05. The van der Waals surface area contributed by atoms with Crippen molar-refractivity contribution in [2.24, 2.45) is 0 Å². The molecule has 0 atom stereocenters. The van der Waals surface area contributed by atoms with E-state index < -0.39 is 10.0 Å². The third-order valence-electron chi connectivity index (χ3n) is 3.79. The van der Waals surface area contributed by atoms with Gasteiger partial charge in [0.05, 0.1) is 11.4 Å². The monoisotopic (exact) mass is 330 g/mol. The van der Waals surface area contributed by atoms with Gasteiger partial charge in [-0.25, -0.2) is 8.42 Å². The predicted octanol–water partition coefficient (Wildman–Crippen LogP) is 2.79. The highest BCUT2D eigenvalue weighted by atomic mass is 32.2. The fourth-order valence-electron chi connectivity index (χ4n) is 2.63. The van der Waals surface area contributed by atoms with Gasteiger partial charge in [0.15, 0.2) is 0 Å². The predicted molar refractivity (Wildman–Crippen MR) is 91.3 cm³/mol. The van der Waals surface area contributed by atoms with Crippen LogP contribution in [0.3, 0.4) is 0 Å². The molecule has 0 aliphatic carbocycles. The molecule has 1 fully saturated rings. The normalized spacial score (nSPS) is 16.3. The Balaban J connectivity index is 1.74. The largest absolute Gasteiger partial charge is 0.322 e. The van der Waals surface area contributed by atoms with Crippen LogP contribution in [0, 0.1) is 6.92 Å². The lowest BCUT2D eigenvalue weighted by Crippen LogP contribution is -2.24. The van der Waals surface area contributed by atoms with Crippen LogP contribution in [0.5, 0.6) is 0 Å². The number of amides is 1. The molecule has 5 nitrogen and oxygen atoms in total. The first-order chi connectivity index (χ1) is 11.0. The van der Waals surface area contributed by atoms with Gasteiger partial charge in [0.1, 0.15) is 0 Å². The van der Waals surface area contributed by atoms with E-state index in [-0.39, 0.29) is 11.7 Å². The number of aryl methyl sites for hydroxylation is 1. The Bertz CT molecular complexity index is 829. The SMILES string of the molecule is Cc1cccc(C(=O)Nc2ccc(N3CCCS3(=O)=O)cc2)c1. The number of anilines is 2. The van der Waals surface area contributed by atoms with Gasteiger partial charge in [-0.1, -0.05) is 17.7 Å². The van der Waals surface area contributed by atoms with Gasteiger partial charge in [-0.05, 0) is 49.7 Å². The highest BCUT2D eigenvalue weighted by Crippen LogP contribution is 2.25. The molecule has 23 heavy (non-hydrogen) atoms. The lowest BCUT2D eigenvalue weighted by Gasteiger charge is -2.17. The molecule has 1 aliphatic heterocycles. The number of nitrogens with one attached hydrogen (secondary N) is 1. The van der Waals surface area contributed by atoms with Crippen molar-refractivity contribution in [3.05, 3.63) is 59.7 Å². The summed E-state index contributed by atoms with van der Waals surface area (Å²) in [4.78, 5) is 12.2. The summed E-state index contributed by atoms with van der Waals surface area (Å²) in [5, 5.41) is 2.82. The molecule has 0 unspecified atom stereocenters. The molecule has 3 rings (SSSR count). The van der Waals surface area contributed by atoms with Crippen LogP contribution in [-0.4, -0.2) is 26.6 Å². The van der Waals surface area contributed by atoms with Crippen molar-refractivity contribution in [3.63, 3.8) is 0 Å². The number of rotatable bonds is 3. The topological polar surface area (TPSA) is 66.5 Å².